The second-order valence-electron chi connectivity index (χ2n) is 6.14. The first-order chi connectivity index (χ1) is 8.16. The van der Waals surface area contributed by atoms with Gasteiger partial charge in [-0.15, -0.1) is 0 Å². The molecule has 2 fully saturated rings. The predicted octanol–water partition coefficient (Wildman–Crippen LogP) is 1.54. The molecule has 2 unspecified atom stereocenters. The predicted molar refractivity (Wildman–Crippen MR) is 73.4 cm³/mol. The Balaban J connectivity index is 1.67. The number of nitrogens with one attached hydrogen (secondary N) is 1. The number of rotatable bonds is 5. The first kappa shape index (κ1) is 13.3. The van der Waals surface area contributed by atoms with Crippen LogP contribution in [-0.4, -0.2) is 61.7 Å². The Morgan fingerprint density at radius 2 is 1.94 bits per heavy atom. The van der Waals surface area contributed by atoms with E-state index in [2.05, 4.69) is 36.1 Å². The molecule has 0 bridgehead atoms. The molecule has 0 aromatic carbocycles. The molecule has 3 nitrogen and oxygen atoms in total. The molecule has 2 aliphatic rings. The summed E-state index contributed by atoms with van der Waals surface area (Å²) in [6.07, 6.45) is 6.98. The van der Waals surface area contributed by atoms with E-state index in [1.165, 1.54) is 51.7 Å². The smallest absolute Gasteiger partial charge is 0.0229 e. The van der Waals surface area contributed by atoms with Crippen LogP contribution in [0.1, 0.15) is 39.0 Å². The lowest BCUT2D eigenvalue weighted by molar-refractivity contribution is 0.218. The minimum Gasteiger partial charge on any atom is -0.312 e. The highest BCUT2D eigenvalue weighted by molar-refractivity contribution is 4.85. The molecular weight excluding hydrogens is 210 g/mol. The molecule has 0 aromatic rings. The van der Waals surface area contributed by atoms with Gasteiger partial charge in [0.2, 0.25) is 0 Å². The fourth-order valence-corrected chi connectivity index (χ4v) is 3.19. The molecule has 3 heteroatoms. The summed E-state index contributed by atoms with van der Waals surface area (Å²) in [5.41, 5.74) is 0. The quantitative estimate of drug-likeness (QED) is 0.785. The molecule has 0 spiro atoms. The average molecular weight is 239 g/mol. The summed E-state index contributed by atoms with van der Waals surface area (Å²) in [6, 6.07) is 2.27. The van der Waals surface area contributed by atoms with E-state index in [9.17, 15) is 0 Å². The number of hydrogen-bond donors (Lipinski definition) is 1. The van der Waals surface area contributed by atoms with Gasteiger partial charge in [-0.25, -0.2) is 0 Å². The lowest BCUT2D eigenvalue weighted by Crippen LogP contribution is -2.43. The van der Waals surface area contributed by atoms with Crippen LogP contribution >= 0.6 is 0 Å². The van der Waals surface area contributed by atoms with E-state index in [1.54, 1.807) is 0 Å². The lowest BCUT2D eigenvalue weighted by atomic mass is 10.2. The van der Waals surface area contributed by atoms with Crippen LogP contribution in [0.4, 0.5) is 0 Å². The Kier molecular flexibility index (Phi) is 4.83. The topological polar surface area (TPSA) is 18.5 Å². The second kappa shape index (κ2) is 6.17. The van der Waals surface area contributed by atoms with Crippen LogP contribution in [0, 0.1) is 0 Å². The normalized spacial score (nSPS) is 29.3. The van der Waals surface area contributed by atoms with Crippen LogP contribution in [0.3, 0.4) is 0 Å². The molecule has 1 aliphatic heterocycles. The average Bonchev–Trinajstić information content (AvgIpc) is 2.96. The van der Waals surface area contributed by atoms with Gasteiger partial charge in [0.05, 0.1) is 0 Å². The summed E-state index contributed by atoms with van der Waals surface area (Å²) >= 11 is 0. The maximum atomic E-state index is 3.75. The lowest BCUT2D eigenvalue weighted by Gasteiger charge is -2.27. The van der Waals surface area contributed by atoms with Gasteiger partial charge >= 0.3 is 0 Å². The highest BCUT2D eigenvalue weighted by atomic mass is 15.3. The molecule has 1 saturated carbocycles. The van der Waals surface area contributed by atoms with Crippen molar-refractivity contribution in [2.24, 2.45) is 0 Å². The van der Waals surface area contributed by atoms with Gasteiger partial charge in [-0.2, -0.15) is 0 Å². The molecule has 1 N–H and O–H groups in total. The van der Waals surface area contributed by atoms with Crippen molar-refractivity contribution >= 4 is 0 Å². The molecule has 1 saturated heterocycles. The Morgan fingerprint density at radius 1 is 1.24 bits per heavy atom. The summed E-state index contributed by atoms with van der Waals surface area (Å²) < 4.78 is 0. The number of hydrogen-bond acceptors (Lipinski definition) is 3. The van der Waals surface area contributed by atoms with Gasteiger partial charge in [0.25, 0.3) is 0 Å². The van der Waals surface area contributed by atoms with E-state index in [0.717, 1.165) is 12.1 Å². The van der Waals surface area contributed by atoms with Crippen LogP contribution < -0.4 is 5.32 Å². The Hall–Kier alpha value is -0.120. The highest BCUT2D eigenvalue weighted by Crippen LogP contribution is 2.19. The maximum absolute atomic E-state index is 3.75. The standard InChI is InChI=1S/C14H29N3/c1-12(10-15-13-6-4-5-7-13)17-9-8-14(11-17)16(2)3/h12-15H,4-11H2,1-3H3. The molecule has 0 radical (unpaired) electrons. The van der Waals surface area contributed by atoms with E-state index < -0.39 is 0 Å². The van der Waals surface area contributed by atoms with E-state index in [1.807, 2.05) is 0 Å². The van der Waals surface area contributed by atoms with Gasteiger partial charge in [-0.1, -0.05) is 12.8 Å². The third-order valence-electron chi connectivity index (χ3n) is 4.61. The first-order valence-electron chi connectivity index (χ1n) is 7.30. The minimum atomic E-state index is 0.695. The molecule has 1 heterocycles. The van der Waals surface area contributed by atoms with Crippen LogP contribution in [0.2, 0.25) is 0 Å². The summed E-state index contributed by atoms with van der Waals surface area (Å²) in [7, 11) is 4.41. The zero-order valence-electron chi connectivity index (χ0n) is 11.8. The van der Waals surface area contributed by atoms with Crippen molar-refractivity contribution < 1.29 is 0 Å². The van der Waals surface area contributed by atoms with Crippen molar-refractivity contribution in [1.82, 2.24) is 15.1 Å². The fraction of sp³-hybridized carbons (Fsp3) is 1.00. The van der Waals surface area contributed by atoms with Gasteiger partial charge in [0.1, 0.15) is 0 Å². The molecule has 2 rings (SSSR count). The number of likely N-dealkylation sites (tertiary alicyclic amines) is 1. The van der Waals surface area contributed by atoms with Crippen molar-refractivity contribution in [2.45, 2.75) is 57.2 Å². The van der Waals surface area contributed by atoms with Crippen molar-refractivity contribution in [3.63, 3.8) is 0 Å². The summed E-state index contributed by atoms with van der Waals surface area (Å²) in [5.74, 6) is 0. The van der Waals surface area contributed by atoms with Crippen molar-refractivity contribution in [1.29, 1.82) is 0 Å². The maximum Gasteiger partial charge on any atom is 0.0229 e. The molecule has 2 atom stereocenters. The number of nitrogens with zero attached hydrogens (tertiary/aromatic N) is 2. The van der Waals surface area contributed by atoms with Crippen LogP contribution in [0.15, 0.2) is 0 Å². The molecule has 0 aromatic heterocycles. The van der Waals surface area contributed by atoms with E-state index >= 15 is 0 Å². The van der Waals surface area contributed by atoms with E-state index in [4.69, 9.17) is 0 Å². The SMILES string of the molecule is CC(CNC1CCCC1)N1CCC(N(C)C)C1. The zero-order valence-corrected chi connectivity index (χ0v) is 11.8. The highest BCUT2D eigenvalue weighted by Gasteiger charge is 2.27. The Bertz CT molecular complexity index is 224. The molecule has 17 heavy (non-hydrogen) atoms. The zero-order chi connectivity index (χ0) is 12.3. The van der Waals surface area contributed by atoms with Crippen molar-refractivity contribution in [3.8, 4) is 0 Å². The van der Waals surface area contributed by atoms with Crippen molar-refractivity contribution in [3.05, 3.63) is 0 Å². The molecule has 1 aliphatic carbocycles. The number of likely N-dealkylation sites (N-methyl/N-ethyl adjacent to an activating group) is 1. The van der Waals surface area contributed by atoms with Crippen LogP contribution in [0.25, 0.3) is 0 Å². The fourth-order valence-electron chi connectivity index (χ4n) is 3.19. The minimum absolute atomic E-state index is 0.695. The van der Waals surface area contributed by atoms with Gasteiger partial charge in [-0.05, 0) is 40.3 Å². The van der Waals surface area contributed by atoms with Crippen LogP contribution in [-0.2, 0) is 0 Å². The van der Waals surface area contributed by atoms with Crippen LogP contribution in [0.5, 0.6) is 0 Å². The Labute approximate surface area is 107 Å². The summed E-state index contributed by atoms with van der Waals surface area (Å²) in [6.45, 7) is 6.07. The third-order valence-corrected chi connectivity index (χ3v) is 4.61. The van der Waals surface area contributed by atoms with E-state index in [0.29, 0.717) is 6.04 Å². The van der Waals surface area contributed by atoms with Gasteiger partial charge in [0, 0.05) is 37.8 Å². The van der Waals surface area contributed by atoms with E-state index in [-0.39, 0.29) is 0 Å². The summed E-state index contributed by atoms with van der Waals surface area (Å²) in [4.78, 5) is 5.02. The van der Waals surface area contributed by atoms with Gasteiger partial charge < -0.3 is 10.2 Å². The van der Waals surface area contributed by atoms with Gasteiger partial charge in [-0.3, -0.25) is 4.90 Å². The Morgan fingerprint density at radius 3 is 2.53 bits per heavy atom. The largest absolute Gasteiger partial charge is 0.312 e. The van der Waals surface area contributed by atoms with Crippen molar-refractivity contribution in [2.75, 3.05) is 33.7 Å². The molecule has 0 amide bonds. The summed E-state index contributed by atoms with van der Waals surface area (Å²) in [5, 5.41) is 3.75. The third kappa shape index (κ3) is 3.67. The second-order valence-corrected chi connectivity index (χ2v) is 6.14. The van der Waals surface area contributed by atoms with Gasteiger partial charge in [0.15, 0.2) is 0 Å². The first-order valence-corrected chi connectivity index (χ1v) is 7.30. The monoisotopic (exact) mass is 239 g/mol. The molecular formula is C14H29N3. The molecule has 100 valence electrons.